The zero-order valence-electron chi connectivity index (χ0n) is 17.9. The van der Waals surface area contributed by atoms with Crippen molar-refractivity contribution in [3.8, 4) is 5.95 Å². The number of aromatic nitrogens is 4. The van der Waals surface area contributed by atoms with Gasteiger partial charge in [0.1, 0.15) is 0 Å². The number of alkyl halides is 3. The van der Waals surface area contributed by atoms with Crippen LogP contribution in [0.15, 0.2) is 24.8 Å². The average Bonchev–Trinajstić information content (AvgIpc) is 3.09. The molecular formula is C19H24ClF3N6O3. The summed E-state index contributed by atoms with van der Waals surface area (Å²) in [7, 11) is 0. The van der Waals surface area contributed by atoms with Crippen LogP contribution in [-0.2, 0) is 4.79 Å². The minimum absolute atomic E-state index is 0.0268. The van der Waals surface area contributed by atoms with Crippen LogP contribution in [0.3, 0.4) is 0 Å². The number of carboxylic acid groups (broad SMARTS) is 1. The van der Waals surface area contributed by atoms with Crippen molar-refractivity contribution in [2.75, 3.05) is 0 Å². The van der Waals surface area contributed by atoms with Gasteiger partial charge in [0.25, 0.3) is 11.9 Å². The first-order chi connectivity index (χ1) is 14.6. The zero-order chi connectivity index (χ0) is 24.3. The molecule has 13 heteroatoms. The first-order valence-corrected chi connectivity index (χ1v) is 9.89. The Hall–Kier alpha value is -2.73. The summed E-state index contributed by atoms with van der Waals surface area (Å²) in [5, 5.41) is 18.5. The first-order valence-electron chi connectivity index (χ1n) is 9.51. The van der Waals surface area contributed by atoms with Crippen LogP contribution in [0, 0.1) is 0 Å². The number of carbonyl (C=O) groups excluding carboxylic acids is 1. The summed E-state index contributed by atoms with van der Waals surface area (Å²) in [6.45, 7) is 8.62. The van der Waals surface area contributed by atoms with E-state index in [1.165, 1.54) is 23.3 Å². The van der Waals surface area contributed by atoms with E-state index in [1.807, 2.05) is 0 Å². The Labute approximate surface area is 187 Å². The summed E-state index contributed by atoms with van der Waals surface area (Å²) in [6.07, 6.45) is 2.78. The van der Waals surface area contributed by atoms with Gasteiger partial charge < -0.3 is 15.7 Å². The summed E-state index contributed by atoms with van der Waals surface area (Å²) in [5.41, 5.74) is 0.426. The molecule has 3 rings (SSSR count). The second kappa shape index (κ2) is 9.41. The molecule has 1 amide bonds. The molecule has 0 bridgehead atoms. The highest BCUT2D eigenvalue weighted by Crippen LogP contribution is 2.28. The Balaban J connectivity index is 0.000000451. The number of rotatable bonds is 3. The number of nitrogens with zero attached hydrogens (tertiary/aromatic N) is 4. The number of nitrogens with one attached hydrogen (secondary N) is 2. The van der Waals surface area contributed by atoms with E-state index in [1.54, 1.807) is 6.20 Å². The average molecular weight is 477 g/mol. The Morgan fingerprint density at radius 1 is 1.16 bits per heavy atom. The van der Waals surface area contributed by atoms with Gasteiger partial charge in [-0.1, -0.05) is 11.6 Å². The zero-order valence-corrected chi connectivity index (χ0v) is 18.6. The highest BCUT2D eigenvalue weighted by atomic mass is 35.5. The van der Waals surface area contributed by atoms with E-state index >= 15 is 0 Å². The fourth-order valence-electron chi connectivity index (χ4n) is 3.67. The molecule has 0 saturated carbocycles. The third-order valence-electron chi connectivity index (χ3n) is 4.42. The molecule has 0 radical (unpaired) electrons. The summed E-state index contributed by atoms with van der Waals surface area (Å²) in [4.78, 5) is 29.7. The first kappa shape index (κ1) is 25.5. The van der Waals surface area contributed by atoms with Crippen LogP contribution in [0.2, 0.25) is 5.02 Å². The monoisotopic (exact) mass is 476 g/mol. The molecule has 32 heavy (non-hydrogen) atoms. The Bertz CT molecular complexity index is 944. The lowest BCUT2D eigenvalue weighted by molar-refractivity contribution is -0.192. The van der Waals surface area contributed by atoms with Crippen molar-refractivity contribution in [3.63, 3.8) is 0 Å². The van der Waals surface area contributed by atoms with Crippen molar-refractivity contribution in [2.24, 2.45) is 0 Å². The third-order valence-corrected chi connectivity index (χ3v) is 4.62. The fraction of sp³-hybridized carbons (Fsp3) is 0.526. The van der Waals surface area contributed by atoms with E-state index in [0.29, 0.717) is 16.5 Å². The van der Waals surface area contributed by atoms with Gasteiger partial charge in [-0.2, -0.15) is 18.3 Å². The van der Waals surface area contributed by atoms with Crippen molar-refractivity contribution in [2.45, 2.75) is 63.8 Å². The second-order valence-electron chi connectivity index (χ2n) is 8.65. The van der Waals surface area contributed by atoms with Crippen molar-refractivity contribution >= 4 is 23.5 Å². The van der Waals surface area contributed by atoms with E-state index in [2.05, 4.69) is 53.4 Å². The van der Waals surface area contributed by atoms with E-state index in [-0.39, 0.29) is 23.0 Å². The van der Waals surface area contributed by atoms with Gasteiger partial charge in [-0.15, -0.1) is 0 Å². The Morgan fingerprint density at radius 2 is 1.66 bits per heavy atom. The summed E-state index contributed by atoms with van der Waals surface area (Å²) in [6, 6.07) is 0.105. The molecule has 3 N–H and O–H groups in total. The standard InChI is InChI=1S/C17H23ClN6O.C2HF3O2/c1-16(2)5-13(6-17(3,4)23-16)22-14(25)11-7-21-24(10-11)15-19-8-12(18)9-20-15;3-2(4,5)1(6)7/h7-10,13,23H,5-6H2,1-4H3,(H,22,25);(H,6,7). The molecule has 0 aliphatic carbocycles. The molecule has 2 aromatic heterocycles. The number of hydrogen-bond donors (Lipinski definition) is 3. The number of halogens is 4. The molecule has 9 nitrogen and oxygen atoms in total. The van der Waals surface area contributed by atoms with E-state index in [4.69, 9.17) is 21.5 Å². The molecule has 3 heterocycles. The number of carbonyl (C=O) groups is 2. The highest BCUT2D eigenvalue weighted by Gasteiger charge is 2.39. The van der Waals surface area contributed by atoms with Crippen LogP contribution in [0.4, 0.5) is 13.2 Å². The quantitative estimate of drug-likeness (QED) is 0.622. The molecule has 176 valence electrons. The second-order valence-corrected chi connectivity index (χ2v) is 9.09. The molecule has 1 saturated heterocycles. The molecule has 0 aromatic carbocycles. The lowest BCUT2D eigenvalue weighted by atomic mass is 9.79. The largest absolute Gasteiger partial charge is 0.490 e. The number of piperidine rings is 1. The van der Waals surface area contributed by atoms with Crippen LogP contribution in [0.5, 0.6) is 0 Å². The van der Waals surface area contributed by atoms with E-state index in [0.717, 1.165) is 12.8 Å². The maximum Gasteiger partial charge on any atom is 0.490 e. The lowest BCUT2D eigenvalue weighted by Crippen LogP contribution is -2.62. The summed E-state index contributed by atoms with van der Waals surface area (Å²) < 4.78 is 33.2. The van der Waals surface area contributed by atoms with E-state index < -0.39 is 12.1 Å². The predicted molar refractivity (Wildman–Crippen MR) is 110 cm³/mol. The SMILES string of the molecule is CC1(C)CC(NC(=O)c2cnn(-c3ncc(Cl)cn3)c2)CC(C)(C)N1.O=C(O)C(F)(F)F. The van der Waals surface area contributed by atoms with E-state index in [9.17, 15) is 18.0 Å². The van der Waals surface area contributed by atoms with Gasteiger partial charge in [-0.25, -0.2) is 19.4 Å². The van der Waals surface area contributed by atoms with Crippen LogP contribution in [-0.4, -0.2) is 60.0 Å². The van der Waals surface area contributed by atoms with Crippen molar-refractivity contribution < 1.29 is 27.9 Å². The number of hydrogen-bond acceptors (Lipinski definition) is 6. The van der Waals surface area contributed by atoms with Crippen molar-refractivity contribution in [3.05, 3.63) is 35.4 Å². The molecule has 1 aliphatic rings. The summed E-state index contributed by atoms with van der Waals surface area (Å²) >= 11 is 5.79. The van der Waals surface area contributed by atoms with Gasteiger partial charge in [-0.3, -0.25) is 4.79 Å². The van der Waals surface area contributed by atoms with Gasteiger partial charge >= 0.3 is 12.1 Å². The van der Waals surface area contributed by atoms with Gasteiger partial charge in [-0.05, 0) is 40.5 Å². The lowest BCUT2D eigenvalue weighted by Gasteiger charge is -2.46. The Kier molecular flexibility index (Phi) is 7.51. The molecular weight excluding hydrogens is 453 g/mol. The minimum atomic E-state index is -5.08. The predicted octanol–water partition coefficient (Wildman–Crippen LogP) is 2.99. The highest BCUT2D eigenvalue weighted by molar-refractivity contribution is 6.30. The normalized spacial score (nSPS) is 17.8. The molecule has 0 spiro atoms. The van der Waals surface area contributed by atoms with Crippen LogP contribution < -0.4 is 10.6 Å². The number of aliphatic carboxylic acids is 1. The topological polar surface area (TPSA) is 122 Å². The van der Waals surface area contributed by atoms with Crippen molar-refractivity contribution in [1.82, 2.24) is 30.4 Å². The number of amides is 1. The molecule has 0 atom stereocenters. The van der Waals surface area contributed by atoms with Gasteiger partial charge in [0, 0.05) is 23.3 Å². The maximum atomic E-state index is 12.6. The van der Waals surface area contributed by atoms with Crippen LogP contribution in [0.25, 0.3) is 5.95 Å². The fourth-order valence-corrected chi connectivity index (χ4v) is 3.76. The molecule has 2 aromatic rings. The van der Waals surface area contributed by atoms with Crippen LogP contribution in [0.1, 0.15) is 50.9 Å². The van der Waals surface area contributed by atoms with Crippen LogP contribution >= 0.6 is 11.6 Å². The number of carboxylic acids is 1. The smallest absolute Gasteiger partial charge is 0.475 e. The van der Waals surface area contributed by atoms with Crippen molar-refractivity contribution in [1.29, 1.82) is 0 Å². The van der Waals surface area contributed by atoms with Gasteiger partial charge in [0.15, 0.2) is 0 Å². The van der Waals surface area contributed by atoms with Gasteiger partial charge in [0.05, 0.1) is 29.2 Å². The Morgan fingerprint density at radius 3 is 2.12 bits per heavy atom. The minimum Gasteiger partial charge on any atom is -0.475 e. The summed E-state index contributed by atoms with van der Waals surface area (Å²) in [5.74, 6) is -2.53. The maximum absolute atomic E-state index is 12.6. The third kappa shape index (κ3) is 7.45. The van der Waals surface area contributed by atoms with Gasteiger partial charge in [0.2, 0.25) is 0 Å². The molecule has 1 fully saturated rings. The molecule has 1 aliphatic heterocycles. The molecule has 0 unspecified atom stereocenters.